The van der Waals surface area contributed by atoms with E-state index < -0.39 is 0 Å². The molecule has 1 atom stereocenters. The van der Waals surface area contributed by atoms with Crippen molar-refractivity contribution < 1.29 is 9.53 Å². The highest BCUT2D eigenvalue weighted by atomic mass is 32.1. The minimum Gasteiger partial charge on any atom is -0.469 e. The molecule has 0 aromatic carbocycles. The van der Waals surface area contributed by atoms with Crippen LogP contribution in [0.5, 0.6) is 0 Å². The van der Waals surface area contributed by atoms with Gasteiger partial charge in [0.15, 0.2) is 0 Å². The zero-order chi connectivity index (χ0) is 15.3. The van der Waals surface area contributed by atoms with E-state index in [-0.39, 0.29) is 17.3 Å². The molecule has 116 valence electrons. The van der Waals surface area contributed by atoms with Gasteiger partial charge in [-0.3, -0.25) is 4.79 Å². The number of rotatable bonds is 2. The summed E-state index contributed by atoms with van der Waals surface area (Å²) in [5.74, 6) is 1.13. The number of esters is 1. The lowest BCUT2D eigenvalue weighted by atomic mass is 9.91. The fraction of sp³-hybridized carbons (Fsp3) is 0.562. The van der Waals surface area contributed by atoms with Crippen LogP contribution in [0.4, 0.5) is 5.82 Å². The fourth-order valence-corrected chi connectivity index (χ4v) is 4.74. The number of ether oxygens (including phenoxy) is 1. The van der Waals surface area contributed by atoms with E-state index >= 15 is 0 Å². The van der Waals surface area contributed by atoms with E-state index in [2.05, 4.69) is 27.2 Å². The summed E-state index contributed by atoms with van der Waals surface area (Å²) < 4.78 is 6.08. The van der Waals surface area contributed by atoms with E-state index in [0.29, 0.717) is 0 Å². The lowest BCUT2D eigenvalue weighted by Crippen LogP contribution is -2.36. The predicted octanol–water partition coefficient (Wildman–Crippen LogP) is 2.78. The summed E-state index contributed by atoms with van der Waals surface area (Å²) in [5.41, 5.74) is 2.47. The monoisotopic (exact) mass is 317 g/mol. The third-order valence-corrected chi connectivity index (χ3v) is 6.33. The molecule has 0 N–H and O–H groups in total. The minimum absolute atomic E-state index is 0.0354. The van der Waals surface area contributed by atoms with Gasteiger partial charge in [0.05, 0.1) is 23.2 Å². The van der Waals surface area contributed by atoms with Crippen molar-refractivity contribution in [1.29, 1.82) is 0 Å². The molecular formula is C16H19N3O2S. The molecule has 5 nitrogen and oxygen atoms in total. The summed E-state index contributed by atoms with van der Waals surface area (Å²) in [7, 11) is 1.49. The second-order valence-corrected chi connectivity index (χ2v) is 7.30. The summed E-state index contributed by atoms with van der Waals surface area (Å²) >= 11 is 1.72. The van der Waals surface area contributed by atoms with Crippen LogP contribution in [-0.4, -0.2) is 36.1 Å². The zero-order valence-corrected chi connectivity index (χ0v) is 13.7. The third kappa shape index (κ3) is 2.00. The quantitative estimate of drug-likeness (QED) is 0.797. The molecule has 1 aliphatic heterocycles. The minimum atomic E-state index is -0.0354. The van der Waals surface area contributed by atoms with E-state index in [4.69, 9.17) is 4.74 Å². The number of thiophene rings is 1. The first-order chi connectivity index (χ1) is 10.6. The van der Waals surface area contributed by atoms with E-state index in [0.717, 1.165) is 43.7 Å². The van der Waals surface area contributed by atoms with E-state index in [1.807, 2.05) is 0 Å². The molecule has 0 bridgehead atoms. The number of methoxy groups -OCH3 is 1. The van der Waals surface area contributed by atoms with Gasteiger partial charge in [0.25, 0.3) is 0 Å². The second kappa shape index (κ2) is 4.91. The lowest BCUT2D eigenvalue weighted by Gasteiger charge is -2.33. The maximum atomic E-state index is 11.7. The molecule has 6 heteroatoms. The molecule has 4 rings (SSSR count). The Balaban J connectivity index is 1.53. The summed E-state index contributed by atoms with van der Waals surface area (Å²) in [6.07, 6.45) is 4.74. The Morgan fingerprint density at radius 3 is 2.91 bits per heavy atom. The van der Waals surface area contributed by atoms with Crippen molar-refractivity contribution in [3.05, 3.63) is 17.3 Å². The number of piperidine rings is 1. The molecule has 0 radical (unpaired) electrons. The van der Waals surface area contributed by atoms with Crippen molar-refractivity contribution in [1.82, 2.24) is 9.97 Å². The molecule has 3 heterocycles. The van der Waals surface area contributed by atoms with Crippen LogP contribution in [0.15, 0.2) is 11.7 Å². The summed E-state index contributed by atoms with van der Waals surface area (Å²) in [4.78, 5) is 23.0. The fourth-order valence-electron chi connectivity index (χ4n) is 3.72. The van der Waals surface area contributed by atoms with Crippen LogP contribution in [-0.2, 0) is 9.53 Å². The highest BCUT2D eigenvalue weighted by Gasteiger charge is 2.59. The van der Waals surface area contributed by atoms with Gasteiger partial charge in [0.2, 0.25) is 0 Å². The van der Waals surface area contributed by atoms with Crippen LogP contribution in [0.25, 0.3) is 10.2 Å². The van der Waals surface area contributed by atoms with E-state index in [1.54, 1.807) is 17.7 Å². The van der Waals surface area contributed by atoms with Gasteiger partial charge in [0, 0.05) is 13.1 Å². The Bertz CT molecular complexity index is 734. The topological polar surface area (TPSA) is 55.3 Å². The largest absolute Gasteiger partial charge is 0.469 e. The van der Waals surface area contributed by atoms with Gasteiger partial charge in [-0.1, -0.05) is 0 Å². The first-order valence-electron chi connectivity index (χ1n) is 7.66. The van der Waals surface area contributed by atoms with Crippen LogP contribution < -0.4 is 4.90 Å². The molecule has 1 saturated carbocycles. The van der Waals surface area contributed by atoms with Gasteiger partial charge in [-0.25, -0.2) is 9.97 Å². The van der Waals surface area contributed by atoms with Gasteiger partial charge in [-0.05, 0) is 42.5 Å². The first-order valence-corrected chi connectivity index (χ1v) is 8.54. The van der Waals surface area contributed by atoms with E-state index in [9.17, 15) is 4.79 Å². The molecule has 1 aliphatic carbocycles. The maximum absolute atomic E-state index is 11.7. The molecule has 1 saturated heterocycles. The zero-order valence-electron chi connectivity index (χ0n) is 12.8. The van der Waals surface area contributed by atoms with Gasteiger partial charge >= 0.3 is 5.97 Å². The lowest BCUT2D eigenvalue weighted by molar-refractivity contribution is -0.143. The number of fused-ring (bicyclic) bond motifs is 1. The number of aryl methyl sites for hydroxylation is 1. The summed E-state index contributed by atoms with van der Waals surface area (Å²) in [6.45, 7) is 4.00. The molecule has 2 fully saturated rings. The van der Waals surface area contributed by atoms with Gasteiger partial charge in [-0.2, -0.15) is 0 Å². The molecule has 22 heavy (non-hydrogen) atoms. The van der Waals surface area contributed by atoms with Crippen molar-refractivity contribution in [2.75, 3.05) is 25.1 Å². The van der Waals surface area contributed by atoms with Gasteiger partial charge < -0.3 is 9.64 Å². The molecule has 1 spiro atoms. The highest BCUT2D eigenvalue weighted by Crippen LogP contribution is 2.60. The number of aromatic nitrogens is 2. The highest BCUT2D eigenvalue weighted by molar-refractivity contribution is 7.18. The summed E-state index contributed by atoms with van der Waals surface area (Å²) in [5, 5.41) is 2.14. The van der Waals surface area contributed by atoms with Crippen molar-refractivity contribution in [2.45, 2.75) is 26.2 Å². The Kier molecular flexibility index (Phi) is 3.11. The number of anilines is 1. The molecule has 2 aromatic rings. The Labute approximate surface area is 133 Å². The number of hydrogen-bond donors (Lipinski definition) is 0. The Morgan fingerprint density at radius 1 is 1.41 bits per heavy atom. The van der Waals surface area contributed by atoms with Gasteiger partial charge in [0.1, 0.15) is 12.1 Å². The Hall–Kier alpha value is -1.69. The third-order valence-electron chi connectivity index (χ3n) is 5.25. The number of nitrogens with zero attached hydrogens (tertiary/aromatic N) is 3. The maximum Gasteiger partial charge on any atom is 0.309 e. The average molecular weight is 317 g/mol. The number of carbonyl (C=O) groups excluding carboxylic acids is 1. The normalized spacial score (nSPS) is 23.0. The molecular weight excluding hydrogens is 298 g/mol. The van der Waals surface area contributed by atoms with Crippen molar-refractivity contribution in [3.8, 4) is 0 Å². The van der Waals surface area contributed by atoms with Crippen LogP contribution in [0.1, 0.15) is 24.8 Å². The van der Waals surface area contributed by atoms with Crippen molar-refractivity contribution in [3.63, 3.8) is 0 Å². The van der Waals surface area contributed by atoms with Crippen LogP contribution in [0, 0.1) is 18.3 Å². The van der Waals surface area contributed by atoms with Crippen LogP contribution >= 0.6 is 11.3 Å². The van der Waals surface area contributed by atoms with Crippen LogP contribution in [0.3, 0.4) is 0 Å². The first kappa shape index (κ1) is 13.9. The SMILES string of the molecule is COC(=O)[C@@H]1CC12CCN(c1ncnc3c(C)csc13)CC2. The molecule has 0 amide bonds. The van der Waals surface area contributed by atoms with Crippen molar-refractivity contribution in [2.24, 2.45) is 11.3 Å². The Morgan fingerprint density at radius 2 is 2.18 bits per heavy atom. The molecule has 2 aromatic heterocycles. The van der Waals surface area contributed by atoms with Crippen LogP contribution in [0.2, 0.25) is 0 Å². The average Bonchev–Trinajstić information content (AvgIpc) is 3.12. The van der Waals surface area contributed by atoms with Crippen molar-refractivity contribution >= 4 is 33.3 Å². The van der Waals surface area contributed by atoms with Gasteiger partial charge in [-0.15, -0.1) is 11.3 Å². The molecule has 2 aliphatic rings. The standard InChI is InChI=1S/C16H19N3O2S/c1-10-8-22-13-12(10)17-9-18-14(13)19-5-3-16(4-6-19)7-11(16)15(20)21-2/h8-9,11H,3-7H2,1-2H3/t11-/m0/s1. The smallest absolute Gasteiger partial charge is 0.309 e. The second-order valence-electron chi connectivity index (χ2n) is 6.42. The van der Waals surface area contributed by atoms with E-state index in [1.165, 1.54) is 17.4 Å². The summed E-state index contributed by atoms with van der Waals surface area (Å²) in [6, 6.07) is 0. The predicted molar refractivity (Wildman–Crippen MR) is 86.2 cm³/mol. The number of hydrogen-bond acceptors (Lipinski definition) is 6. The number of carbonyl (C=O) groups is 1. The molecule has 0 unspecified atom stereocenters.